The number of nitrogens with zero attached hydrogens (tertiary/aromatic N) is 4. The highest BCUT2D eigenvalue weighted by Gasteiger charge is 2.35. The van der Waals surface area contributed by atoms with Crippen LogP contribution < -0.4 is 10.5 Å². The molecule has 0 radical (unpaired) electrons. The monoisotopic (exact) mass is 495 g/mol. The third kappa shape index (κ3) is 4.48. The standard InChI is InChI=1S/C23H21N5O4S2/c29-20(27(16-7-3-1-4-8-16)18-11-12-34(31,32)15-18)14-33-23-25-21-19(22(30)26-23)13-24-28(21)17-9-5-2-6-10-17/h1-10,13,18H,11-12,14-15H2,(H,25,26,30)/t18-/m0/s1. The Hall–Kier alpha value is -3.44. The normalized spacial score (nSPS) is 17.1. The highest BCUT2D eigenvalue weighted by Crippen LogP contribution is 2.26. The first kappa shape index (κ1) is 22.4. The number of aromatic amines is 1. The molecule has 1 saturated heterocycles. The van der Waals surface area contributed by atoms with Gasteiger partial charge in [0, 0.05) is 5.69 Å². The zero-order valence-corrected chi connectivity index (χ0v) is 19.6. The van der Waals surface area contributed by atoms with Gasteiger partial charge in [-0.05, 0) is 30.7 Å². The number of anilines is 1. The van der Waals surface area contributed by atoms with Crippen molar-refractivity contribution in [2.45, 2.75) is 17.6 Å². The van der Waals surface area contributed by atoms with Gasteiger partial charge in [0.2, 0.25) is 5.91 Å². The first-order valence-electron chi connectivity index (χ1n) is 10.6. The Morgan fingerprint density at radius 2 is 1.82 bits per heavy atom. The van der Waals surface area contributed by atoms with Gasteiger partial charge < -0.3 is 9.88 Å². The number of fused-ring (bicyclic) bond motifs is 1. The summed E-state index contributed by atoms with van der Waals surface area (Å²) in [5.74, 6) is -0.261. The third-order valence-electron chi connectivity index (χ3n) is 5.63. The molecule has 1 fully saturated rings. The second-order valence-electron chi connectivity index (χ2n) is 7.95. The second-order valence-corrected chi connectivity index (χ2v) is 11.1. The number of thioether (sulfide) groups is 1. The lowest BCUT2D eigenvalue weighted by Crippen LogP contribution is -2.42. The van der Waals surface area contributed by atoms with Crippen molar-refractivity contribution in [1.82, 2.24) is 19.7 Å². The number of carbonyl (C=O) groups is 1. The zero-order chi connectivity index (χ0) is 23.7. The van der Waals surface area contributed by atoms with Crippen LogP contribution in [-0.4, -0.2) is 57.4 Å². The summed E-state index contributed by atoms with van der Waals surface area (Å²) in [5, 5.41) is 4.93. The van der Waals surface area contributed by atoms with Crippen LogP contribution in [0.2, 0.25) is 0 Å². The molecule has 0 saturated carbocycles. The first-order valence-corrected chi connectivity index (χ1v) is 13.5. The molecule has 1 aliphatic heterocycles. The molecule has 2 aromatic heterocycles. The number of hydrogen-bond acceptors (Lipinski definition) is 7. The smallest absolute Gasteiger partial charge is 0.262 e. The van der Waals surface area contributed by atoms with Gasteiger partial charge in [-0.1, -0.05) is 48.2 Å². The van der Waals surface area contributed by atoms with E-state index >= 15 is 0 Å². The predicted octanol–water partition coefficient (Wildman–Crippen LogP) is 2.42. The average Bonchev–Trinajstić information content (AvgIpc) is 3.42. The molecule has 0 unspecified atom stereocenters. The summed E-state index contributed by atoms with van der Waals surface area (Å²) in [5.41, 5.74) is 1.46. The molecule has 1 N–H and O–H groups in total. The Kier molecular flexibility index (Phi) is 5.96. The molecule has 1 amide bonds. The maximum atomic E-state index is 13.3. The van der Waals surface area contributed by atoms with Gasteiger partial charge in [-0.3, -0.25) is 9.59 Å². The summed E-state index contributed by atoms with van der Waals surface area (Å²) in [4.78, 5) is 34.7. The minimum atomic E-state index is -3.17. The molecule has 3 heterocycles. The van der Waals surface area contributed by atoms with E-state index in [1.807, 2.05) is 48.5 Å². The van der Waals surface area contributed by atoms with Crippen LogP contribution in [0.5, 0.6) is 0 Å². The van der Waals surface area contributed by atoms with E-state index in [-0.39, 0.29) is 33.9 Å². The van der Waals surface area contributed by atoms with E-state index in [2.05, 4.69) is 15.1 Å². The van der Waals surface area contributed by atoms with Crippen LogP contribution in [0.3, 0.4) is 0 Å². The summed E-state index contributed by atoms with van der Waals surface area (Å²) >= 11 is 1.10. The Bertz CT molecular complexity index is 1500. The second kappa shape index (κ2) is 9.07. The fourth-order valence-electron chi connectivity index (χ4n) is 4.05. The van der Waals surface area contributed by atoms with Crippen molar-refractivity contribution in [2.24, 2.45) is 0 Å². The Morgan fingerprint density at radius 3 is 2.50 bits per heavy atom. The molecule has 2 aromatic carbocycles. The van der Waals surface area contributed by atoms with E-state index in [1.54, 1.807) is 21.7 Å². The van der Waals surface area contributed by atoms with Crippen LogP contribution >= 0.6 is 11.8 Å². The van der Waals surface area contributed by atoms with Crippen LogP contribution in [-0.2, 0) is 14.6 Å². The van der Waals surface area contributed by atoms with Gasteiger partial charge in [-0.25, -0.2) is 18.1 Å². The number of hydrogen-bond donors (Lipinski definition) is 1. The van der Waals surface area contributed by atoms with E-state index in [1.165, 1.54) is 6.20 Å². The molecule has 1 aliphatic rings. The van der Waals surface area contributed by atoms with Crippen molar-refractivity contribution in [1.29, 1.82) is 0 Å². The van der Waals surface area contributed by atoms with Gasteiger partial charge in [0.15, 0.2) is 20.6 Å². The van der Waals surface area contributed by atoms with Crippen molar-refractivity contribution < 1.29 is 13.2 Å². The number of rotatable bonds is 6. The number of aromatic nitrogens is 4. The number of carbonyl (C=O) groups excluding carboxylic acids is 1. The minimum absolute atomic E-state index is 0.0145. The molecule has 34 heavy (non-hydrogen) atoms. The summed E-state index contributed by atoms with van der Waals surface area (Å²) in [6.45, 7) is 0. The van der Waals surface area contributed by atoms with Crippen LogP contribution in [0, 0.1) is 0 Å². The van der Waals surface area contributed by atoms with Crippen molar-refractivity contribution in [3.8, 4) is 5.69 Å². The van der Waals surface area contributed by atoms with E-state index in [0.29, 0.717) is 23.1 Å². The fourth-order valence-corrected chi connectivity index (χ4v) is 6.47. The highest BCUT2D eigenvalue weighted by molar-refractivity contribution is 7.99. The summed E-state index contributed by atoms with van der Waals surface area (Å²) in [7, 11) is -3.17. The maximum Gasteiger partial charge on any atom is 0.262 e. The molecule has 1 atom stereocenters. The summed E-state index contributed by atoms with van der Waals surface area (Å²) in [6, 6.07) is 18.0. The first-order chi connectivity index (χ1) is 16.4. The summed E-state index contributed by atoms with van der Waals surface area (Å²) < 4.78 is 25.7. The van der Waals surface area contributed by atoms with Gasteiger partial charge in [0.1, 0.15) is 5.39 Å². The number of amides is 1. The Labute approximate surface area is 199 Å². The van der Waals surface area contributed by atoms with Gasteiger partial charge >= 0.3 is 0 Å². The molecule has 0 spiro atoms. The SMILES string of the molecule is O=C(CSc1nc2c(cnn2-c2ccccc2)c(=O)[nH]1)N(c1ccccc1)[C@H]1CCS(=O)(=O)C1. The molecular formula is C23H21N5O4S2. The fraction of sp³-hybridized carbons (Fsp3) is 0.217. The molecular weight excluding hydrogens is 474 g/mol. The molecule has 0 bridgehead atoms. The molecule has 174 valence electrons. The number of nitrogens with one attached hydrogen (secondary N) is 1. The Morgan fingerprint density at radius 1 is 1.12 bits per heavy atom. The van der Waals surface area contributed by atoms with E-state index in [4.69, 9.17) is 0 Å². The number of sulfone groups is 1. The third-order valence-corrected chi connectivity index (χ3v) is 8.23. The van der Waals surface area contributed by atoms with Crippen molar-refractivity contribution in [3.63, 3.8) is 0 Å². The number of benzene rings is 2. The largest absolute Gasteiger partial charge is 0.308 e. The van der Waals surface area contributed by atoms with Gasteiger partial charge in [0.25, 0.3) is 5.56 Å². The highest BCUT2D eigenvalue weighted by atomic mass is 32.2. The molecule has 9 nitrogen and oxygen atoms in total. The maximum absolute atomic E-state index is 13.3. The van der Waals surface area contributed by atoms with Crippen LogP contribution in [0.25, 0.3) is 16.7 Å². The topological polar surface area (TPSA) is 118 Å². The lowest BCUT2D eigenvalue weighted by Gasteiger charge is -2.28. The molecule has 0 aliphatic carbocycles. The molecule has 4 aromatic rings. The van der Waals surface area contributed by atoms with Gasteiger partial charge in [0.05, 0.1) is 35.2 Å². The van der Waals surface area contributed by atoms with Gasteiger partial charge in [-0.2, -0.15) is 5.10 Å². The van der Waals surface area contributed by atoms with Crippen LogP contribution in [0.4, 0.5) is 5.69 Å². The lowest BCUT2D eigenvalue weighted by atomic mass is 10.2. The van der Waals surface area contributed by atoms with E-state index < -0.39 is 15.9 Å². The van der Waals surface area contributed by atoms with Crippen molar-refractivity contribution in [2.75, 3.05) is 22.2 Å². The van der Waals surface area contributed by atoms with Gasteiger partial charge in [-0.15, -0.1) is 0 Å². The quantitative estimate of drug-likeness (QED) is 0.322. The average molecular weight is 496 g/mol. The van der Waals surface area contributed by atoms with E-state index in [9.17, 15) is 18.0 Å². The van der Waals surface area contributed by atoms with Crippen molar-refractivity contribution >= 4 is 44.2 Å². The molecule has 5 rings (SSSR count). The number of H-pyrrole nitrogens is 1. The van der Waals surface area contributed by atoms with E-state index in [0.717, 1.165) is 17.4 Å². The lowest BCUT2D eigenvalue weighted by molar-refractivity contribution is -0.116. The zero-order valence-electron chi connectivity index (χ0n) is 18.0. The van der Waals surface area contributed by atoms with Crippen LogP contribution in [0.15, 0.2) is 76.8 Å². The molecule has 11 heteroatoms. The summed E-state index contributed by atoms with van der Waals surface area (Å²) in [6.07, 6.45) is 1.86. The number of para-hydroxylation sites is 2. The predicted molar refractivity (Wildman–Crippen MR) is 131 cm³/mol. The van der Waals surface area contributed by atoms with Crippen LogP contribution in [0.1, 0.15) is 6.42 Å². The minimum Gasteiger partial charge on any atom is -0.308 e. The Balaban J connectivity index is 1.41. The van der Waals surface area contributed by atoms with Crippen molar-refractivity contribution in [3.05, 3.63) is 77.2 Å².